The monoisotopic (exact) mass is 451 g/mol. The molecule has 4 amide bonds. The summed E-state index contributed by atoms with van der Waals surface area (Å²) in [5.74, 6) is 0.217. The number of amides is 4. The third-order valence-corrected chi connectivity index (χ3v) is 5.86. The lowest BCUT2D eigenvalue weighted by molar-refractivity contribution is -0.124. The molecule has 9 heteroatoms. The maximum absolute atomic E-state index is 12.9. The van der Waals surface area contributed by atoms with Gasteiger partial charge in [0.15, 0.2) is 0 Å². The van der Waals surface area contributed by atoms with Gasteiger partial charge in [-0.1, -0.05) is 32.0 Å². The lowest BCUT2D eigenvalue weighted by atomic mass is 10.0. The van der Waals surface area contributed by atoms with Crippen molar-refractivity contribution < 1.29 is 18.8 Å². The molecule has 4 rings (SSSR count). The number of carbonyl (C=O) groups is 3. The molecule has 1 aliphatic rings. The van der Waals surface area contributed by atoms with Gasteiger partial charge in [-0.2, -0.15) is 0 Å². The first-order valence-corrected chi connectivity index (χ1v) is 11.1. The summed E-state index contributed by atoms with van der Waals surface area (Å²) in [6.45, 7) is 5.69. The molecule has 1 aliphatic heterocycles. The minimum absolute atomic E-state index is 0.0800. The largest absolute Gasteiger partial charge is 0.467 e. The van der Waals surface area contributed by atoms with Crippen molar-refractivity contribution in [1.29, 1.82) is 0 Å². The van der Waals surface area contributed by atoms with Gasteiger partial charge in [0.2, 0.25) is 5.91 Å². The first-order valence-electron chi connectivity index (χ1n) is 11.1. The highest BCUT2D eigenvalue weighted by atomic mass is 16.3. The fourth-order valence-corrected chi connectivity index (χ4v) is 3.93. The smallest absolute Gasteiger partial charge is 0.318 e. The number of nitrogens with one attached hydrogen (secondary N) is 3. The predicted octanol–water partition coefficient (Wildman–Crippen LogP) is 2.57. The number of nitrogens with zero attached hydrogens (tertiary/aromatic N) is 2. The summed E-state index contributed by atoms with van der Waals surface area (Å²) in [6, 6.07) is 12.2. The normalized spacial score (nSPS) is 15.0. The summed E-state index contributed by atoms with van der Waals surface area (Å²) in [6.07, 6.45) is 1.55. The van der Waals surface area contributed by atoms with Crippen LogP contribution in [0.1, 0.15) is 30.1 Å². The van der Waals surface area contributed by atoms with E-state index in [1.165, 1.54) is 0 Å². The zero-order valence-corrected chi connectivity index (χ0v) is 18.8. The van der Waals surface area contributed by atoms with Gasteiger partial charge in [0.05, 0.1) is 12.8 Å². The first-order chi connectivity index (χ1) is 15.9. The van der Waals surface area contributed by atoms with E-state index in [1.54, 1.807) is 28.2 Å². The van der Waals surface area contributed by atoms with Crippen LogP contribution in [-0.2, 0) is 11.3 Å². The molecule has 3 heterocycles. The van der Waals surface area contributed by atoms with Crippen molar-refractivity contribution in [2.24, 2.45) is 5.92 Å². The third kappa shape index (κ3) is 5.19. The molecule has 1 fully saturated rings. The summed E-state index contributed by atoms with van der Waals surface area (Å²) in [4.78, 5) is 44.9. The average Bonchev–Trinajstić information content (AvgIpc) is 3.50. The van der Waals surface area contributed by atoms with Crippen LogP contribution in [0.4, 0.5) is 4.79 Å². The summed E-state index contributed by atoms with van der Waals surface area (Å²) in [5.41, 5.74) is 1.46. The van der Waals surface area contributed by atoms with Gasteiger partial charge in [0, 0.05) is 37.1 Å². The Morgan fingerprint density at radius 2 is 1.76 bits per heavy atom. The SMILES string of the molecule is CC(C)C(NC(=O)N1CCN(C(=O)c2cc3ccccc3[nH]2)CC1)C(=O)NCc1ccco1. The van der Waals surface area contributed by atoms with Crippen molar-refractivity contribution in [3.05, 3.63) is 60.2 Å². The first kappa shape index (κ1) is 22.4. The van der Waals surface area contributed by atoms with Crippen LogP contribution in [-0.4, -0.2) is 64.9 Å². The molecule has 174 valence electrons. The van der Waals surface area contributed by atoms with Gasteiger partial charge in [-0.15, -0.1) is 0 Å². The number of hydrogen-bond donors (Lipinski definition) is 3. The Labute approximate surface area is 192 Å². The molecule has 3 aromatic rings. The van der Waals surface area contributed by atoms with Crippen molar-refractivity contribution in [2.45, 2.75) is 26.4 Å². The molecule has 0 aliphatic carbocycles. The molecular weight excluding hydrogens is 422 g/mol. The number of rotatable bonds is 6. The number of aromatic nitrogens is 1. The van der Waals surface area contributed by atoms with Gasteiger partial charge >= 0.3 is 6.03 Å². The number of urea groups is 1. The maximum Gasteiger partial charge on any atom is 0.318 e. The van der Waals surface area contributed by atoms with E-state index in [0.29, 0.717) is 37.6 Å². The molecule has 0 spiro atoms. The van der Waals surface area contributed by atoms with Crippen LogP contribution >= 0.6 is 0 Å². The zero-order valence-electron chi connectivity index (χ0n) is 18.8. The lowest BCUT2D eigenvalue weighted by Crippen LogP contribution is -2.57. The minimum Gasteiger partial charge on any atom is -0.467 e. The van der Waals surface area contributed by atoms with E-state index in [9.17, 15) is 14.4 Å². The fourth-order valence-electron chi connectivity index (χ4n) is 3.93. The minimum atomic E-state index is -0.668. The Hall–Kier alpha value is -3.75. The number of hydrogen-bond acceptors (Lipinski definition) is 4. The molecule has 0 saturated carbocycles. The van der Waals surface area contributed by atoms with Gasteiger partial charge < -0.3 is 29.8 Å². The van der Waals surface area contributed by atoms with Crippen molar-refractivity contribution >= 4 is 28.7 Å². The number of para-hydroxylation sites is 1. The van der Waals surface area contributed by atoms with Gasteiger partial charge in [0.1, 0.15) is 17.5 Å². The highest BCUT2D eigenvalue weighted by molar-refractivity contribution is 5.98. The van der Waals surface area contributed by atoms with E-state index in [-0.39, 0.29) is 30.3 Å². The summed E-state index contributed by atoms with van der Waals surface area (Å²) in [7, 11) is 0. The number of piperazine rings is 1. The van der Waals surface area contributed by atoms with E-state index in [1.807, 2.05) is 44.2 Å². The highest BCUT2D eigenvalue weighted by Gasteiger charge is 2.29. The van der Waals surface area contributed by atoms with E-state index >= 15 is 0 Å². The van der Waals surface area contributed by atoms with Crippen LogP contribution in [0.5, 0.6) is 0 Å². The molecule has 1 unspecified atom stereocenters. The number of H-pyrrole nitrogens is 1. The van der Waals surface area contributed by atoms with Crippen molar-refractivity contribution in [3.8, 4) is 0 Å². The van der Waals surface area contributed by atoms with E-state index in [0.717, 1.165) is 10.9 Å². The molecular formula is C24H29N5O4. The second-order valence-corrected chi connectivity index (χ2v) is 8.52. The number of furan rings is 1. The van der Waals surface area contributed by atoms with Gasteiger partial charge in [0.25, 0.3) is 5.91 Å². The Bertz CT molecular complexity index is 1080. The van der Waals surface area contributed by atoms with E-state index in [2.05, 4.69) is 15.6 Å². The average molecular weight is 452 g/mol. The lowest BCUT2D eigenvalue weighted by Gasteiger charge is -2.35. The number of benzene rings is 1. The van der Waals surface area contributed by atoms with E-state index < -0.39 is 6.04 Å². The maximum atomic E-state index is 12.9. The molecule has 1 saturated heterocycles. The molecule has 1 atom stereocenters. The molecule has 9 nitrogen and oxygen atoms in total. The Kier molecular flexibility index (Phi) is 6.67. The molecule has 2 aromatic heterocycles. The highest BCUT2D eigenvalue weighted by Crippen LogP contribution is 2.17. The van der Waals surface area contributed by atoms with Crippen LogP contribution in [0, 0.1) is 5.92 Å². The van der Waals surface area contributed by atoms with Crippen molar-refractivity contribution in [2.75, 3.05) is 26.2 Å². The number of aromatic amines is 1. The van der Waals surface area contributed by atoms with Crippen molar-refractivity contribution in [1.82, 2.24) is 25.4 Å². The second kappa shape index (κ2) is 9.81. The van der Waals surface area contributed by atoms with Crippen LogP contribution in [0.25, 0.3) is 10.9 Å². The van der Waals surface area contributed by atoms with Gasteiger partial charge in [-0.25, -0.2) is 4.79 Å². The van der Waals surface area contributed by atoms with Crippen LogP contribution < -0.4 is 10.6 Å². The molecule has 0 bridgehead atoms. The Morgan fingerprint density at radius 3 is 2.42 bits per heavy atom. The topological polar surface area (TPSA) is 111 Å². The second-order valence-electron chi connectivity index (χ2n) is 8.52. The van der Waals surface area contributed by atoms with Gasteiger partial charge in [-0.05, 0) is 30.2 Å². The summed E-state index contributed by atoms with van der Waals surface area (Å²) >= 11 is 0. The van der Waals surface area contributed by atoms with Gasteiger partial charge in [-0.3, -0.25) is 9.59 Å². The van der Waals surface area contributed by atoms with Crippen molar-refractivity contribution in [3.63, 3.8) is 0 Å². The number of fused-ring (bicyclic) bond motifs is 1. The van der Waals surface area contributed by atoms with Crippen LogP contribution in [0.2, 0.25) is 0 Å². The predicted molar refractivity (Wildman–Crippen MR) is 123 cm³/mol. The number of carbonyl (C=O) groups excluding carboxylic acids is 3. The van der Waals surface area contributed by atoms with E-state index in [4.69, 9.17) is 4.42 Å². The third-order valence-electron chi connectivity index (χ3n) is 5.86. The Morgan fingerprint density at radius 1 is 1.03 bits per heavy atom. The molecule has 33 heavy (non-hydrogen) atoms. The quantitative estimate of drug-likeness (QED) is 0.535. The standard InChI is InChI=1S/C24H29N5O4/c1-16(2)21(22(30)25-15-18-7-5-13-33-18)27-24(32)29-11-9-28(10-12-29)23(31)20-14-17-6-3-4-8-19(17)26-20/h3-8,13-14,16,21,26H,9-12,15H2,1-2H3,(H,25,30)(H,27,32). The van der Waals surface area contributed by atoms with Crippen LogP contribution in [0.3, 0.4) is 0 Å². The molecule has 0 radical (unpaired) electrons. The summed E-state index contributed by atoms with van der Waals surface area (Å²) < 4.78 is 5.23. The Balaban J connectivity index is 1.30. The zero-order chi connectivity index (χ0) is 23.4. The summed E-state index contributed by atoms with van der Waals surface area (Å²) in [5, 5.41) is 6.64. The van der Waals surface area contributed by atoms with Crippen LogP contribution in [0.15, 0.2) is 53.1 Å². The molecule has 1 aromatic carbocycles. The molecule has 3 N–H and O–H groups in total. The fraction of sp³-hybridized carbons (Fsp3) is 0.375.